The van der Waals surface area contributed by atoms with Crippen molar-refractivity contribution in [2.45, 2.75) is 39.2 Å². The van der Waals surface area contributed by atoms with Crippen LogP contribution < -0.4 is 10.2 Å². The molecule has 1 unspecified atom stereocenters. The van der Waals surface area contributed by atoms with E-state index in [4.69, 9.17) is 4.42 Å². The molecule has 2 N–H and O–H groups in total. The Morgan fingerprint density at radius 2 is 2.00 bits per heavy atom. The fraction of sp³-hybridized carbons (Fsp3) is 0.520. The second-order valence-electron chi connectivity index (χ2n) is 9.23. The molecule has 1 atom stereocenters. The molecular weight excluding hydrogens is 421 g/mol. The third kappa shape index (κ3) is 5.93. The molecule has 7 nitrogen and oxygen atoms in total. The van der Waals surface area contributed by atoms with Gasteiger partial charge in [0.25, 0.3) is 11.9 Å². The van der Waals surface area contributed by atoms with Crippen LogP contribution in [-0.4, -0.2) is 66.2 Å². The van der Waals surface area contributed by atoms with Gasteiger partial charge in [-0.1, -0.05) is 32.0 Å². The van der Waals surface area contributed by atoms with Crippen molar-refractivity contribution in [3.8, 4) is 0 Å². The van der Waals surface area contributed by atoms with Gasteiger partial charge in [0.2, 0.25) is 5.76 Å². The molecule has 0 radical (unpaired) electrons. The van der Waals surface area contributed by atoms with Crippen molar-refractivity contribution < 1.29 is 13.6 Å². The number of fused-ring (bicyclic) bond motifs is 1. The normalized spacial score (nSPS) is 15.9. The number of oxazole rings is 1. The van der Waals surface area contributed by atoms with Gasteiger partial charge >= 0.3 is 0 Å². The molecule has 1 fully saturated rings. The molecule has 33 heavy (non-hydrogen) atoms. The monoisotopic (exact) mass is 455 g/mol. The summed E-state index contributed by atoms with van der Waals surface area (Å²) < 4.78 is 18.4. The summed E-state index contributed by atoms with van der Waals surface area (Å²) in [5.41, 5.74) is 2.30. The molecule has 1 aliphatic heterocycles. The molecule has 178 valence electrons. The quantitative estimate of drug-likeness (QED) is 0.483. The summed E-state index contributed by atoms with van der Waals surface area (Å²) in [5, 5.41) is 4.37. The number of aromatic amines is 1. The van der Waals surface area contributed by atoms with E-state index in [1.165, 1.54) is 17.1 Å². The Kier molecular flexibility index (Phi) is 7.65. The van der Waals surface area contributed by atoms with Crippen LogP contribution in [0.4, 0.5) is 10.4 Å². The standard InChI is InChI=1S/C25H34FN5O2/c1-18(2)7-8-20(15-19-16-27-22-6-4-3-5-21(19)22)29-24(32)23-17-28-25(33-23)31-13-11-30(10-9-26)12-14-31/h3-6,16-18,20,27H,7-15H2,1-2H3,(H,29,32). The molecule has 1 aliphatic rings. The van der Waals surface area contributed by atoms with Crippen LogP contribution in [0.25, 0.3) is 10.9 Å². The number of carbonyl (C=O) groups is 1. The smallest absolute Gasteiger partial charge is 0.298 e. The molecule has 4 rings (SSSR count). The lowest BCUT2D eigenvalue weighted by atomic mass is 9.97. The molecule has 1 aromatic carbocycles. The molecule has 0 saturated carbocycles. The van der Waals surface area contributed by atoms with E-state index in [1.54, 1.807) is 0 Å². The number of anilines is 1. The maximum absolute atomic E-state index is 13.0. The predicted molar refractivity (Wildman–Crippen MR) is 128 cm³/mol. The third-order valence-electron chi connectivity index (χ3n) is 6.33. The number of halogens is 1. The molecule has 0 bridgehead atoms. The number of aromatic nitrogens is 2. The minimum Gasteiger partial charge on any atom is -0.418 e. The molecule has 2 aromatic heterocycles. The molecule has 0 aliphatic carbocycles. The number of carbonyl (C=O) groups excluding carboxylic acids is 1. The fourth-order valence-corrected chi connectivity index (χ4v) is 4.38. The SMILES string of the molecule is CC(C)CCC(Cc1c[nH]c2ccccc12)NC(=O)c1cnc(N2CCN(CCF)CC2)o1. The number of alkyl halides is 1. The number of benzene rings is 1. The molecule has 0 spiro atoms. The van der Waals surface area contributed by atoms with E-state index in [2.05, 4.69) is 46.2 Å². The summed E-state index contributed by atoms with van der Waals surface area (Å²) in [6.45, 7) is 7.45. The van der Waals surface area contributed by atoms with Crippen LogP contribution in [0.15, 0.2) is 41.1 Å². The van der Waals surface area contributed by atoms with Crippen molar-refractivity contribution in [1.29, 1.82) is 0 Å². The predicted octanol–water partition coefficient (Wildman–Crippen LogP) is 4.02. The molecule has 1 saturated heterocycles. The van der Waals surface area contributed by atoms with E-state index in [0.29, 0.717) is 31.6 Å². The van der Waals surface area contributed by atoms with E-state index in [9.17, 15) is 9.18 Å². The Morgan fingerprint density at radius 3 is 2.76 bits per heavy atom. The lowest BCUT2D eigenvalue weighted by Crippen LogP contribution is -2.47. The first-order chi connectivity index (χ1) is 16.0. The topological polar surface area (TPSA) is 77.4 Å². The highest BCUT2D eigenvalue weighted by Crippen LogP contribution is 2.22. The van der Waals surface area contributed by atoms with Gasteiger partial charge in [-0.05, 0) is 36.8 Å². The largest absolute Gasteiger partial charge is 0.418 e. The van der Waals surface area contributed by atoms with Crippen molar-refractivity contribution in [1.82, 2.24) is 20.2 Å². The molecule has 8 heteroatoms. The van der Waals surface area contributed by atoms with Crippen LogP contribution in [0.1, 0.15) is 42.8 Å². The number of piperazine rings is 1. The highest BCUT2D eigenvalue weighted by Gasteiger charge is 2.23. The van der Waals surface area contributed by atoms with Crippen LogP contribution in [0.3, 0.4) is 0 Å². The van der Waals surface area contributed by atoms with Gasteiger partial charge in [-0.2, -0.15) is 0 Å². The lowest BCUT2D eigenvalue weighted by Gasteiger charge is -2.33. The minimum absolute atomic E-state index is 0.00287. The summed E-state index contributed by atoms with van der Waals surface area (Å²) in [6, 6.07) is 8.68. The molecule has 3 aromatic rings. The number of nitrogens with one attached hydrogen (secondary N) is 2. The van der Waals surface area contributed by atoms with Crippen molar-refractivity contribution in [2.24, 2.45) is 5.92 Å². The Morgan fingerprint density at radius 1 is 1.21 bits per heavy atom. The summed E-state index contributed by atoms with van der Waals surface area (Å²) in [5.74, 6) is 0.545. The maximum Gasteiger partial charge on any atom is 0.298 e. The Hall–Kier alpha value is -2.87. The molecule has 3 heterocycles. The average molecular weight is 456 g/mol. The van der Waals surface area contributed by atoms with Gasteiger partial charge in [-0.15, -0.1) is 0 Å². The van der Waals surface area contributed by atoms with E-state index >= 15 is 0 Å². The summed E-state index contributed by atoms with van der Waals surface area (Å²) in [6.07, 6.45) is 6.21. The van der Waals surface area contributed by atoms with Crippen LogP contribution in [-0.2, 0) is 6.42 Å². The average Bonchev–Trinajstić information content (AvgIpc) is 3.46. The number of hydrogen-bond donors (Lipinski definition) is 2. The zero-order chi connectivity index (χ0) is 23.2. The van der Waals surface area contributed by atoms with E-state index in [0.717, 1.165) is 37.9 Å². The minimum atomic E-state index is -0.333. The van der Waals surface area contributed by atoms with Gasteiger partial charge in [-0.3, -0.25) is 9.69 Å². The second-order valence-corrected chi connectivity index (χ2v) is 9.23. The van der Waals surface area contributed by atoms with E-state index in [-0.39, 0.29) is 24.4 Å². The number of hydrogen-bond acceptors (Lipinski definition) is 5. The lowest BCUT2D eigenvalue weighted by molar-refractivity contribution is 0.0905. The highest BCUT2D eigenvalue weighted by atomic mass is 19.1. The Bertz CT molecular complexity index is 1040. The van der Waals surface area contributed by atoms with Gasteiger partial charge in [0.1, 0.15) is 6.67 Å². The first kappa shape index (κ1) is 23.3. The van der Waals surface area contributed by atoms with Crippen molar-refractivity contribution in [3.63, 3.8) is 0 Å². The highest BCUT2D eigenvalue weighted by molar-refractivity contribution is 5.91. The Labute approximate surface area is 194 Å². The van der Waals surface area contributed by atoms with Crippen LogP contribution in [0.2, 0.25) is 0 Å². The first-order valence-corrected chi connectivity index (χ1v) is 11.9. The fourth-order valence-electron chi connectivity index (χ4n) is 4.38. The number of nitrogens with zero attached hydrogens (tertiary/aromatic N) is 3. The summed E-state index contributed by atoms with van der Waals surface area (Å²) >= 11 is 0. The van der Waals surface area contributed by atoms with Crippen LogP contribution >= 0.6 is 0 Å². The van der Waals surface area contributed by atoms with E-state index < -0.39 is 0 Å². The maximum atomic E-state index is 13.0. The number of amides is 1. The van der Waals surface area contributed by atoms with Crippen LogP contribution in [0, 0.1) is 5.92 Å². The molecular formula is C25H34FN5O2. The van der Waals surface area contributed by atoms with Gasteiger partial charge < -0.3 is 19.6 Å². The van der Waals surface area contributed by atoms with Crippen LogP contribution in [0.5, 0.6) is 0 Å². The Balaban J connectivity index is 1.40. The van der Waals surface area contributed by atoms with Crippen molar-refractivity contribution in [3.05, 3.63) is 48.0 Å². The number of para-hydroxylation sites is 1. The van der Waals surface area contributed by atoms with Gasteiger partial charge in [0.05, 0.1) is 6.20 Å². The second kappa shape index (κ2) is 10.8. The summed E-state index contributed by atoms with van der Waals surface area (Å²) in [7, 11) is 0. The number of H-pyrrole nitrogens is 1. The van der Waals surface area contributed by atoms with Gasteiger partial charge in [-0.25, -0.2) is 9.37 Å². The first-order valence-electron chi connectivity index (χ1n) is 11.9. The van der Waals surface area contributed by atoms with Gasteiger partial charge in [0.15, 0.2) is 0 Å². The molecule has 1 amide bonds. The number of rotatable bonds is 10. The van der Waals surface area contributed by atoms with E-state index in [1.807, 2.05) is 23.2 Å². The van der Waals surface area contributed by atoms with Gasteiger partial charge in [0, 0.05) is 55.9 Å². The van der Waals surface area contributed by atoms with Crippen molar-refractivity contribution in [2.75, 3.05) is 44.3 Å². The van der Waals surface area contributed by atoms with Crippen molar-refractivity contribution >= 4 is 22.8 Å². The summed E-state index contributed by atoms with van der Waals surface area (Å²) in [4.78, 5) is 24.7. The third-order valence-corrected chi connectivity index (χ3v) is 6.33. The zero-order valence-electron chi connectivity index (χ0n) is 19.5. The zero-order valence-corrected chi connectivity index (χ0v) is 19.5.